The second kappa shape index (κ2) is 5.51. The summed E-state index contributed by atoms with van der Waals surface area (Å²) in [6.45, 7) is 4.00. The molecule has 0 bridgehead atoms. The number of carboxylic acids is 1. The molecule has 0 aliphatic heterocycles. The molecule has 0 aliphatic rings. The first kappa shape index (κ1) is 12.5. The number of hydrogen-bond acceptors (Lipinski definition) is 3. The Bertz CT molecular complexity index is 373. The maximum atomic E-state index is 11.0. The summed E-state index contributed by atoms with van der Waals surface area (Å²) < 4.78 is 10.3. The molecule has 0 radical (unpaired) electrons. The summed E-state index contributed by atoms with van der Waals surface area (Å²) >= 11 is 0. The summed E-state index contributed by atoms with van der Waals surface area (Å²) in [5.41, 5.74) is 1.53. The lowest BCUT2D eigenvalue weighted by atomic mass is 10.1. The Morgan fingerprint density at radius 1 is 1.50 bits per heavy atom. The van der Waals surface area contributed by atoms with Crippen molar-refractivity contribution in [1.82, 2.24) is 0 Å². The van der Waals surface area contributed by atoms with Crippen molar-refractivity contribution < 1.29 is 19.4 Å². The number of hydrogen-bond donors (Lipinski definition) is 1. The Kier molecular flexibility index (Phi) is 4.31. The van der Waals surface area contributed by atoms with Gasteiger partial charge in [0.05, 0.1) is 7.11 Å². The van der Waals surface area contributed by atoms with E-state index in [-0.39, 0.29) is 0 Å². The highest BCUT2D eigenvalue weighted by Gasteiger charge is 2.20. The Hall–Kier alpha value is -1.55. The van der Waals surface area contributed by atoms with Gasteiger partial charge < -0.3 is 14.6 Å². The lowest BCUT2D eigenvalue weighted by molar-refractivity contribution is -0.150. The van der Waals surface area contributed by atoms with Crippen LogP contribution in [-0.2, 0) is 9.53 Å². The summed E-state index contributed by atoms with van der Waals surface area (Å²) in [4.78, 5) is 11.0. The normalized spacial score (nSPS) is 12.2. The van der Waals surface area contributed by atoms with E-state index in [4.69, 9.17) is 14.6 Å². The number of aliphatic carboxylic acids is 1. The van der Waals surface area contributed by atoms with Gasteiger partial charge in [-0.2, -0.15) is 0 Å². The van der Waals surface area contributed by atoms with E-state index >= 15 is 0 Å². The Morgan fingerprint density at radius 2 is 2.19 bits per heavy atom. The molecule has 0 spiro atoms. The molecule has 0 amide bonds. The third-order valence-corrected chi connectivity index (χ3v) is 2.28. The zero-order valence-electron chi connectivity index (χ0n) is 9.69. The maximum Gasteiger partial charge on any atom is 0.337 e. The molecule has 88 valence electrons. The van der Waals surface area contributed by atoms with Crippen LogP contribution in [0.4, 0.5) is 0 Å². The van der Waals surface area contributed by atoms with Crippen molar-refractivity contribution in [1.29, 1.82) is 0 Å². The lowest BCUT2D eigenvalue weighted by Crippen LogP contribution is -2.15. The van der Waals surface area contributed by atoms with Gasteiger partial charge in [-0.15, -0.1) is 0 Å². The van der Waals surface area contributed by atoms with Crippen molar-refractivity contribution in [2.45, 2.75) is 20.0 Å². The first-order valence-corrected chi connectivity index (χ1v) is 5.09. The van der Waals surface area contributed by atoms with Gasteiger partial charge in [0.2, 0.25) is 0 Å². The molecule has 0 saturated carbocycles. The largest absolute Gasteiger partial charge is 0.496 e. The molecule has 1 aromatic carbocycles. The average molecular weight is 224 g/mol. The Balaban J connectivity index is 3.01. The quantitative estimate of drug-likeness (QED) is 0.832. The fourth-order valence-electron chi connectivity index (χ4n) is 1.54. The minimum Gasteiger partial charge on any atom is -0.496 e. The third-order valence-electron chi connectivity index (χ3n) is 2.28. The van der Waals surface area contributed by atoms with Crippen LogP contribution in [0.2, 0.25) is 0 Å². The minimum atomic E-state index is -0.980. The van der Waals surface area contributed by atoms with Crippen LogP contribution in [0.3, 0.4) is 0 Å². The number of carbonyl (C=O) groups is 1. The van der Waals surface area contributed by atoms with Crippen LogP contribution in [0.25, 0.3) is 0 Å². The Labute approximate surface area is 94.8 Å². The van der Waals surface area contributed by atoms with Gasteiger partial charge >= 0.3 is 5.97 Å². The van der Waals surface area contributed by atoms with Crippen LogP contribution in [-0.4, -0.2) is 24.8 Å². The van der Waals surface area contributed by atoms with Crippen molar-refractivity contribution in [2.75, 3.05) is 13.7 Å². The number of benzene rings is 1. The molecule has 0 fully saturated rings. The van der Waals surface area contributed by atoms with Gasteiger partial charge in [-0.1, -0.05) is 6.07 Å². The molecular weight excluding hydrogens is 208 g/mol. The fraction of sp³-hybridized carbons (Fsp3) is 0.417. The number of methoxy groups -OCH3 is 1. The van der Waals surface area contributed by atoms with Gasteiger partial charge in [0, 0.05) is 6.61 Å². The summed E-state index contributed by atoms with van der Waals surface area (Å²) in [6.07, 6.45) is -0.908. The number of ether oxygens (including phenoxy) is 2. The van der Waals surface area contributed by atoms with Crippen molar-refractivity contribution in [2.24, 2.45) is 0 Å². The summed E-state index contributed by atoms with van der Waals surface area (Å²) in [5.74, 6) is -0.240. The molecule has 0 aromatic heterocycles. The molecule has 16 heavy (non-hydrogen) atoms. The molecule has 1 atom stereocenters. The highest BCUT2D eigenvalue weighted by Crippen LogP contribution is 2.24. The van der Waals surface area contributed by atoms with Crippen molar-refractivity contribution >= 4 is 5.97 Å². The van der Waals surface area contributed by atoms with Crippen molar-refractivity contribution in [3.63, 3.8) is 0 Å². The number of aryl methyl sites for hydroxylation is 1. The van der Waals surface area contributed by atoms with Gasteiger partial charge in [0.1, 0.15) is 5.75 Å². The van der Waals surface area contributed by atoms with Crippen LogP contribution in [0, 0.1) is 6.92 Å². The predicted octanol–water partition coefficient (Wildman–Crippen LogP) is 2.17. The smallest absolute Gasteiger partial charge is 0.337 e. The topological polar surface area (TPSA) is 55.8 Å². The van der Waals surface area contributed by atoms with Gasteiger partial charge in [-0.25, -0.2) is 4.79 Å². The lowest BCUT2D eigenvalue weighted by Gasteiger charge is -2.14. The highest BCUT2D eigenvalue weighted by molar-refractivity contribution is 5.74. The zero-order chi connectivity index (χ0) is 12.1. The summed E-state index contributed by atoms with van der Waals surface area (Å²) in [7, 11) is 1.58. The molecule has 0 aliphatic carbocycles. The standard InChI is InChI=1S/C12H16O4/c1-4-16-11(12(13)14)9-5-6-10(15-3)8(2)7-9/h5-7,11H,4H2,1-3H3,(H,13,14). The SMILES string of the molecule is CCOC(C(=O)O)c1ccc(OC)c(C)c1. The second-order valence-electron chi connectivity index (χ2n) is 3.40. The van der Waals surface area contributed by atoms with E-state index in [0.29, 0.717) is 12.2 Å². The Morgan fingerprint density at radius 3 is 2.62 bits per heavy atom. The second-order valence-corrected chi connectivity index (χ2v) is 3.40. The first-order chi connectivity index (χ1) is 7.60. The molecular formula is C12H16O4. The van der Waals surface area contributed by atoms with E-state index < -0.39 is 12.1 Å². The average Bonchev–Trinajstić information content (AvgIpc) is 2.25. The van der Waals surface area contributed by atoms with E-state index in [1.165, 1.54) is 0 Å². The molecule has 4 nitrogen and oxygen atoms in total. The molecule has 0 saturated heterocycles. The minimum absolute atomic E-state index is 0.363. The van der Waals surface area contributed by atoms with Crippen molar-refractivity contribution in [3.05, 3.63) is 29.3 Å². The predicted molar refractivity (Wildman–Crippen MR) is 59.7 cm³/mol. The molecule has 4 heteroatoms. The van der Waals surface area contributed by atoms with Crippen LogP contribution in [0.5, 0.6) is 5.75 Å². The van der Waals surface area contributed by atoms with E-state index in [0.717, 1.165) is 11.3 Å². The molecule has 0 heterocycles. The van der Waals surface area contributed by atoms with Gasteiger partial charge in [0.15, 0.2) is 6.10 Å². The zero-order valence-corrected chi connectivity index (χ0v) is 9.69. The first-order valence-electron chi connectivity index (χ1n) is 5.09. The van der Waals surface area contributed by atoms with E-state index in [9.17, 15) is 4.79 Å². The monoisotopic (exact) mass is 224 g/mol. The van der Waals surface area contributed by atoms with Gasteiger partial charge in [-0.3, -0.25) is 0 Å². The van der Waals surface area contributed by atoms with Crippen LogP contribution in [0.15, 0.2) is 18.2 Å². The summed E-state index contributed by atoms with van der Waals surface area (Å²) in [6, 6.07) is 5.23. The van der Waals surface area contributed by atoms with Crippen LogP contribution < -0.4 is 4.74 Å². The van der Waals surface area contributed by atoms with E-state index in [1.54, 1.807) is 32.2 Å². The van der Waals surface area contributed by atoms with Crippen LogP contribution in [0.1, 0.15) is 24.2 Å². The molecule has 1 N–H and O–H groups in total. The maximum absolute atomic E-state index is 11.0. The third kappa shape index (κ3) is 2.73. The number of rotatable bonds is 5. The van der Waals surface area contributed by atoms with Gasteiger partial charge in [0.25, 0.3) is 0 Å². The van der Waals surface area contributed by atoms with Gasteiger partial charge in [-0.05, 0) is 37.1 Å². The van der Waals surface area contributed by atoms with Crippen LogP contribution >= 0.6 is 0 Å². The number of carboxylic acid groups (broad SMARTS) is 1. The highest BCUT2D eigenvalue weighted by atomic mass is 16.5. The van der Waals surface area contributed by atoms with Crippen molar-refractivity contribution in [3.8, 4) is 5.75 Å². The van der Waals surface area contributed by atoms with E-state index in [2.05, 4.69) is 0 Å². The summed E-state index contributed by atoms with van der Waals surface area (Å²) in [5, 5.41) is 9.02. The fourth-order valence-corrected chi connectivity index (χ4v) is 1.54. The van der Waals surface area contributed by atoms with E-state index in [1.807, 2.05) is 6.92 Å². The molecule has 1 unspecified atom stereocenters. The molecule has 1 aromatic rings. The molecule has 1 rings (SSSR count).